The molecule has 0 aliphatic carbocycles. The minimum atomic E-state index is -3.58. The minimum Gasteiger partial charge on any atom is -0.211 e. The maximum atomic E-state index is 14.0. The molecule has 0 spiro atoms. The molecule has 0 radical (unpaired) electrons. The van der Waals surface area contributed by atoms with Gasteiger partial charge in [-0.2, -0.15) is 4.98 Å². The Balaban J connectivity index is 1.48. The summed E-state index contributed by atoms with van der Waals surface area (Å²) >= 11 is 1.38. The quantitative estimate of drug-likeness (QED) is 0.485. The number of nitrogens with one attached hydrogen (secondary N) is 1. The molecule has 2 aromatic heterocycles. The number of rotatable bonds is 7. The zero-order valence-electron chi connectivity index (χ0n) is 15.7. The lowest BCUT2D eigenvalue weighted by atomic mass is 10.2. The second kappa shape index (κ2) is 8.02. The molecule has 9 heteroatoms. The Morgan fingerprint density at radius 2 is 1.90 bits per heavy atom. The standard InChI is InChI=1S/C20H19FN4O2S2/c1-2-14-7-9-16(10-8-14)29(26,27)22-12-11-15-13-28-20-23-19(24-25(15)20)17-5-3-4-6-18(17)21/h3-10,13,22H,2,11-12H2,1H3. The lowest BCUT2D eigenvalue weighted by Gasteiger charge is -2.07. The monoisotopic (exact) mass is 430 g/mol. The largest absolute Gasteiger partial charge is 0.240 e. The third-order valence-corrected chi connectivity index (χ3v) is 6.92. The fraction of sp³-hybridized carbons (Fsp3) is 0.200. The molecule has 2 heterocycles. The van der Waals surface area contributed by atoms with Crippen LogP contribution >= 0.6 is 11.3 Å². The van der Waals surface area contributed by atoms with Crippen LogP contribution in [-0.2, 0) is 22.9 Å². The van der Waals surface area contributed by atoms with Crippen LogP contribution in [-0.4, -0.2) is 29.6 Å². The maximum absolute atomic E-state index is 14.0. The maximum Gasteiger partial charge on any atom is 0.240 e. The summed E-state index contributed by atoms with van der Waals surface area (Å²) < 4.78 is 43.2. The molecule has 4 aromatic rings. The molecule has 0 atom stereocenters. The van der Waals surface area contributed by atoms with Crippen molar-refractivity contribution in [1.82, 2.24) is 19.3 Å². The van der Waals surface area contributed by atoms with Crippen LogP contribution in [0.4, 0.5) is 4.39 Å². The van der Waals surface area contributed by atoms with Gasteiger partial charge in [0.1, 0.15) is 5.82 Å². The molecule has 0 aliphatic heterocycles. The summed E-state index contributed by atoms with van der Waals surface area (Å²) in [4.78, 5) is 5.26. The Labute approximate surface area is 172 Å². The number of aromatic nitrogens is 3. The summed E-state index contributed by atoms with van der Waals surface area (Å²) in [6, 6.07) is 13.2. The van der Waals surface area contributed by atoms with E-state index in [-0.39, 0.29) is 17.3 Å². The van der Waals surface area contributed by atoms with Crippen molar-refractivity contribution in [3.63, 3.8) is 0 Å². The van der Waals surface area contributed by atoms with Crippen LogP contribution in [0.15, 0.2) is 58.8 Å². The third kappa shape index (κ3) is 4.07. The normalized spacial score (nSPS) is 11.9. The highest BCUT2D eigenvalue weighted by Gasteiger charge is 2.16. The summed E-state index contributed by atoms with van der Waals surface area (Å²) in [5.74, 6) is -0.0676. The molecule has 0 fully saturated rings. The molecule has 0 saturated heterocycles. The second-order valence-electron chi connectivity index (χ2n) is 6.48. The Kier molecular flexibility index (Phi) is 5.44. The first-order chi connectivity index (χ1) is 14.0. The van der Waals surface area contributed by atoms with Crippen LogP contribution in [0.5, 0.6) is 0 Å². The summed E-state index contributed by atoms with van der Waals surface area (Å²) in [6.45, 7) is 2.24. The van der Waals surface area contributed by atoms with Gasteiger partial charge in [-0.25, -0.2) is 22.0 Å². The van der Waals surface area contributed by atoms with Crippen molar-refractivity contribution < 1.29 is 12.8 Å². The van der Waals surface area contributed by atoms with Gasteiger partial charge in [-0.3, -0.25) is 0 Å². The lowest BCUT2D eigenvalue weighted by Crippen LogP contribution is -2.26. The smallest absolute Gasteiger partial charge is 0.211 e. The van der Waals surface area contributed by atoms with E-state index < -0.39 is 10.0 Å². The van der Waals surface area contributed by atoms with Crippen LogP contribution in [0.3, 0.4) is 0 Å². The minimum absolute atomic E-state index is 0.221. The molecule has 2 aromatic carbocycles. The van der Waals surface area contributed by atoms with Crippen LogP contribution in [0.1, 0.15) is 18.2 Å². The van der Waals surface area contributed by atoms with Crippen molar-refractivity contribution in [3.8, 4) is 11.4 Å². The van der Waals surface area contributed by atoms with Gasteiger partial charge in [0.25, 0.3) is 0 Å². The van der Waals surface area contributed by atoms with Gasteiger partial charge >= 0.3 is 0 Å². The average molecular weight is 431 g/mol. The number of fused-ring (bicyclic) bond motifs is 1. The van der Waals surface area contributed by atoms with E-state index in [2.05, 4.69) is 14.8 Å². The number of halogens is 1. The first-order valence-electron chi connectivity index (χ1n) is 9.14. The Bertz CT molecular complexity index is 1250. The van der Waals surface area contributed by atoms with Gasteiger partial charge in [-0.05, 0) is 36.2 Å². The fourth-order valence-electron chi connectivity index (χ4n) is 2.95. The van der Waals surface area contributed by atoms with Crippen molar-refractivity contribution in [3.05, 3.63) is 71.0 Å². The van der Waals surface area contributed by atoms with Gasteiger partial charge in [0.2, 0.25) is 15.0 Å². The van der Waals surface area contributed by atoms with Crippen molar-refractivity contribution in [1.29, 1.82) is 0 Å². The highest BCUT2D eigenvalue weighted by molar-refractivity contribution is 7.89. The summed E-state index contributed by atoms with van der Waals surface area (Å²) in [5.41, 5.74) is 2.23. The van der Waals surface area contributed by atoms with Crippen molar-refractivity contribution in [2.75, 3.05) is 6.54 Å². The molecule has 0 amide bonds. The molecule has 0 aliphatic rings. The van der Waals surface area contributed by atoms with Gasteiger partial charge in [0, 0.05) is 18.3 Å². The van der Waals surface area contributed by atoms with Crippen molar-refractivity contribution >= 4 is 26.3 Å². The van der Waals surface area contributed by atoms with Crippen LogP contribution in [0, 0.1) is 5.82 Å². The number of hydrogen-bond acceptors (Lipinski definition) is 5. The Morgan fingerprint density at radius 1 is 1.14 bits per heavy atom. The van der Waals surface area contributed by atoms with E-state index in [9.17, 15) is 12.8 Å². The highest BCUT2D eigenvalue weighted by Crippen LogP contribution is 2.23. The molecular formula is C20H19FN4O2S2. The molecular weight excluding hydrogens is 411 g/mol. The first kappa shape index (κ1) is 19.7. The molecule has 1 N–H and O–H groups in total. The summed E-state index contributed by atoms with van der Waals surface area (Å²) in [7, 11) is -3.58. The van der Waals surface area contributed by atoms with Crippen LogP contribution in [0.25, 0.3) is 16.3 Å². The average Bonchev–Trinajstić information content (AvgIpc) is 3.30. The fourth-order valence-corrected chi connectivity index (χ4v) is 4.84. The predicted molar refractivity (Wildman–Crippen MR) is 111 cm³/mol. The van der Waals surface area contributed by atoms with E-state index in [4.69, 9.17) is 0 Å². The molecule has 6 nitrogen and oxygen atoms in total. The van der Waals surface area contributed by atoms with E-state index in [1.54, 1.807) is 34.8 Å². The van der Waals surface area contributed by atoms with E-state index in [0.717, 1.165) is 17.7 Å². The van der Waals surface area contributed by atoms with Crippen LogP contribution < -0.4 is 4.72 Å². The van der Waals surface area contributed by atoms with Gasteiger partial charge in [-0.15, -0.1) is 16.4 Å². The number of aryl methyl sites for hydroxylation is 1. The molecule has 0 bridgehead atoms. The van der Waals surface area contributed by atoms with E-state index in [1.807, 2.05) is 24.4 Å². The summed E-state index contributed by atoms with van der Waals surface area (Å²) in [5, 5.41) is 6.27. The number of nitrogens with zero attached hydrogens (tertiary/aromatic N) is 3. The topological polar surface area (TPSA) is 76.4 Å². The SMILES string of the molecule is CCc1ccc(S(=O)(=O)NCCc2csc3nc(-c4ccccc4F)nn23)cc1. The van der Waals surface area contributed by atoms with Gasteiger partial charge < -0.3 is 0 Å². The number of sulfonamides is 1. The zero-order chi connectivity index (χ0) is 20.4. The lowest BCUT2D eigenvalue weighted by molar-refractivity contribution is 0.581. The molecule has 150 valence electrons. The van der Waals surface area contributed by atoms with Gasteiger partial charge in [0.15, 0.2) is 5.82 Å². The van der Waals surface area contributed by atoms with E-state index in [1.165, 1.54) is 17.4 Å². The molecule has 0 saturated carbocycles. The number of thiazole rings is 1. The predicted octanol–water partition coefficient (Wildman–Crippen LogP) is 3.68. The van der Waals surface area contributed by atoms with Crippen molar-refractivity contribution in [2.45, 2.75) is 24.7 Å². The number of hydrogen-bond donors (Lipinski definition) is 1. The molecule has 4 rings (SSSR count). The summed E-state index contributed by atoms with van der Waals surface area (Å²) in [6.07, 6.45) is 1.29. The Hall–Kier alpha value is -2.62. The second-order valence-corrected chi connectivity index (χ2v) is 9.09. The zero-order valence-corrected chi connectivity index (χ0v) is 17.3. The Morgan fingerprint density at radius 3 is 2.62 bits per heavy atom. The van der Waals surface area contributed by atoms with Gasteiger partial charge in [0.05, 0.1) is 16.2 Å². The van der Waals surface area contributed by atoms with Crippen molar-refractivity contribution in [2.24, 2.45) is 0 Å². The van der Waals surface area contributed by atoms with Crippen LogP contribution in [0.2, 0.25) is 0 Å². The van der Waals surface area contributed by atoms with E-state index in [0.29, 0.717) is 22.8 Å². The first-order valence-corrected chi connectivity index (χ1v) is 11.5. The van der Waals surface area contributed by atoms with E-state index >= 15 is 0 Å². The highest BCUT2D eigenvalue weighted by atomic mass is 32.2. The third-order valence-electron chi connectivity index (χ3n) is 4.58. The number of benzene rings is 2. The van der Waals surface area contributed by atoms with Gasteiger partial charge in [-0.1, -0.05) is 31.2 Å². The molecule has 29 heavy (non-hydrogen) atoms. The molecule has 0 unspecified atom stereocenters.